The van der Waals surface area contributed by atoms with E-state index in [1.54, 1.807) is 27.9 Å². The molecule has 1 aliphatic rings. The summed E-state index contributed by atoms with van der Waals surface area (Å²) in [6.07, 6.45) is 7.93. The summed E-state index contributed by atoms with van der Waals surface area (Å²) in [5.74, 6) is -1.19. The number of carbonyl (C=O) groups excluding carboxylic acids is 1. The van der Waals surface area contributed by atoms with E-state index in [0.717, 1.165) is 16.5 Å². The van der Waals surface area contributed by atoms with Crippen LogP contribution in [-0.4, -0.2) is 47.5 Å². The van der Waals surface area contributed by atoms with Gasteiger partial charge in [0.1, 0.15) is 0 Å². The molecular weight excluding hydrogens is 616 g/mol. The van der Waals surface area contributed by atoms with Crippen molar-refractivity contribution in [2.75, 3.05) is 11.5 Å². The molecule has 49 heavy (non-hydrogen) atoms. The molecule has 246 valence electrons. The van der Waals surface area contributed by atoms with E-state index in [0.29, 0.717) is 41.0 Å². The number of hydrogen-bond acceptors (Lipinski definition) is 7. The van der Waals surface area contributed by atoms with Crippen LogP contribution in [0.15, 0.2) is 132 Å². The maximum atomic E-state index is 14.1. The number of benzene rings is 4. The van der Waals surface area contributed by atoms with Crippen molar-refractivity contribution in [2.24, 2.45) is 5.92 Å². The highest BCUT2D eigenvalue weighted by Gasteiger charge is 2.52. The largest absolute Gasteiger partial charge is 0.395 e. The van der Waals surface area contributed by atoms with E-state index in [1.165, 1.54) is 4.68 Å². The van der Waals surface area contributed by atoms with Gasteiger partial charge in [-0.1, -0.05) is 103 Å². The van der Waals surface area contributed by atoms with E-state index in [2.05, 4.69) is 15.4 Å². The van der Waals surface area contributed by atoms with Gasteiger partial charge in [-0.3, -0.25) is 14.3 Å². The molecule has 10 heteroatoms. The van der Waals surface area contributed by atoms with Crippen molar-refractivity contribution in [1.82, 2.24) is 24.8 Å². The molecular formula is C39H36N6O4. The number of fused-ring (bicyclic) bond motifs is 2. The molecule has 0 spiro atoms. The number of aliphatic hydroxyl groups is 2. The number of allylic oxidation sites excluding steroid dienone is 1. The van der Waals surface area contributed by atoms with Gasteiger partial charge in [0, 0.05) is 29.6 Å². The summed E-state index contributed by atoms with van der Waals surface area (Å²) in [5.41, 5.74) is 2.26. The second-order valence-corrected chi connectivity index (χ2v) is 12.4. The molecule has 1 aliphatic heterocycles. The Morgan fingerprint density at radius 2 is 1.69 bits per heavy atom. The average Bonchev–Trinajstić information content (AvgIpc) is 3.69. The minimum absolute atomic E-state index is 0.0711. The minimum atomic E-state index is -1.76. The fraction of sp³-hybridized carbons (Fsp3) is 0.205. The zero-order valence-corrected chi connectivity index (χ0v) is 27.0. The molecule has 1 unspecified atom stereocenters. The van der Waals surface area contributed by atoms with Crippen molar-refractivity contribution < 1.29 is 15.0 Å². The lowest BCUT2D eigenvalue weighted by atomic mass is 9.83. The summed E-state index contributed by atoms with van der Waals surface area (Å²) < 4.78 is 3.10. The third-order valence-electron chi connectivity index (χ3n) is 9.27. The van der Waals surface area contributed by atoms with Gasteiger partial charge in [0.2, 0.25) is 0 Å². The molecule has 0 radical (unpaired) electrons. The van der Waals surface area contributed by atoms with Crippen molar-refractivity contribution in [1.29, 1.82) is 0 Å². The van der Waals surface area contributed by atoms with Crippen molar-refractivity contribution in [3.05, 3.63) is 160 Å². The highest BCUT2D eigenvalue weighted by molar-refractivity contribution is 6.07. The maximum absolute atomic E-state index is 14.1. The molecule has 4 aromatic carbocycles. The number of aryl methyl sites for hydroxylation is 1. The Hall–Kier alpha value is -5.71. The van der Waals surface area contributed by atoms with E-state index in [4.69, 9.17) is 0 Å². The predicted octanol–water partition coefficient (Wildman–Crippen LogP) is 5.12. The Morgan fingerprint density at radius 1 is 0.918 bits per heavy atom. The number of carbonyl (C=O) groups is 1. The topological polar surface area (TPSA) is 126 Å². The van der Waals surface area contributed by atoms with Crippen LogP contribution in [0.5, 0.6) is 0 Å². The number of aromatic nitrogens is 5. The van der Waals surface area contributed by atoms with Crippen LogP contribution in [-0.2, 0) is 23.5 Å². The first-order chi connectivity index (χ1) is 23.9. The first-order valence-electron chi connectivity index (χ1n) is 16.3. The number of hydrogen-bond donors (Lipinski definition) is 2. The summed E-state index contributed by atoms with van der Waals surface area (Å²) >= 11 is 0. The zero-order chi connectivity index (χ0) is 34.0. The third-order valence-corrected chi connectivity index (χ3v) is 9.27. The van der Waals surface area contributed by atoms with Crippen LogP contribution >= 0.6 is 0 Å². The lowest BCUT2D eigenvalue weighted by molar-refractivity contribution is -0.139. The van der Waals surface area contributed by atoms with E-state index in [-0.39, 0.29) is 24.6 Å². The Balaban J connectivity index is 1.06. The predicted molar refractivity (Wildman–Crippen MR) is 187 cm³/mol. The Kier molecular flexibility index (Phi) is 8.73. The highest BCUT2D eigenvalue weighted by Crippen LogP contribution is 2.45. The van der Waals surface area contributed by atoms with E-state index in [9.17, 15) is 19.8 Å². The third kappa shape index (κ3) is 5.96. The molecule has 10 nitrogen and oxygen atoms in total. The Bertz CT molecular complexity index is 2210. The lowest BCUT2D eigenvalue weighted by Gasteiger charge is -2.27. The van der Waals surface area contributed by atoms with Gasteiger partial charge in [-0.15, -0.1) is 5.10 Å². The van der Waals surface area contributed by atoms with Crippen LogP contribution in [0.1, 0.15) is 41.6 Å². The fourth-order valence-electron chi connectivity index (χ4n) is 6.59. The van der Waals surface area contributed by atoms with E-state index < -0.39 is 17.4 Å². The number of anilines is 1. The number of para-hydroxylation sites is 1. The smallest absolute Gasteiger partial charge is 0.279 e. The van der Waals surface area contributed by atoms with Gasteiger partial charge in [-0.2, -0.15) is 9.78 Å². The van der Waals surface area contributed by atoms with Crippen molar-refractivity contribution >= 4 is 22.4 Å². The van der Waals surface area contributed by atoms with Gasteiger partial charge < -0.3 is 15.1 Å². The SMILES string of the molecule is C[C@@H](/C=C/CCn1cc(C(CO)c2ccccc2)nn1)[C@]1(O)C(=O)N(Cc2cccc(-n3ncc4ccccc4c3=O)c2)c2ccccc21. The maximum Gasteiger partial charge on any atom is 0.279 e. The standard InChI is InChI=1S/C39H36N6O4/c1-27(12-9-10-21-43-25-35(41-42-43)33(26-46)29-14-3-2-4-15-29)39(49)34-19-7-8-20-36(34)44(38(39)48)24-28-13-11-17-31(22-28)45-37(47)32-18-6-5-16-30(32)23-40-45/h2-9,11-20,22-23,25,27,33,46,49H,10,21,24,26H2,1H3/b12-9+/t27-,33?,39+/m0/s1. The van der Waals surface area contributed by atoms with Crippen molar-refractivity contribution in [3.63, 3.8) is 0 Å². The number of nitrogens with zero attached hydrogens (tertiary/aromatic N) is 6. The van der Waals surface area contributed by atoms with E-state index in [1.807, 2.05) is 116 Å². The first kappa shape index (κ1) is 31.9. The Labute approximate surface area is 283 Å². The van der Waals surface area contributed by atoms with Gasteiger partial charge in [0.15, 0.2) is 5.60 Å². The van der Waals surface area contributed by atoms with Gasteiger partial charge in [-0.05, 0) is 41.8 Å². The molecule has 2 aromatic heterocycles. The van der Waals surface area contributed by atoms with Crippen molar-refractivity contribution in [3.8, 4) is 5.69 Å². The number of amides is 1. The quantitative estimate of drug-likeness (QED) is 0.186. The van der Waals surface area contributed by atoms with Crippen molar-refractivity contribution in [2.45, 2.75) is 38.0 Å². The minimum Gasteiger partial charge on any atom is -0.395 e. The van der Waals surface area contributed by atoms with Gasteiger partial charge >= 0.3 is 0 Å². The monoisotopic (exact) mass is 652 g/mol. The lowest BCUT2D eigenvalue weighted by Crippen LogP contribution is -2.44. The van der Waals surface area contributed by atoms with Gasteiger partial charge in [-0.25, -0.2) is 0 Å². The molecule has 0 bridgehead atoms. The van der Waals surface area contributed by atoms with Crippen LogP contribution in [0.2, 0.25) is 0 Å². The Morgan fingerprint density at radius 3 is 2.53 bits per heavy atom. The second-order valence-electron chi connectivity index (χ2n) is 12.4. The van der Waals surface area contributed by atoms with Gasteiger partial charge in [0.25, 0.3) is 11.5 Å². The molecule has 0 aliphatic carbocycles. The molecule has 3 heterocycles. The summed E-state index contributed by atoms with van der Waals surface area (Å²) in [6, 6.07) is 31.7. The molecule has 0 fully saturated rings. The van der Waals surface area contributed by atoms with Gasteiger partial charge in [0.05, 0.1) is 47.7 Å². The fourth-order valence-corrected chi connectivity index (χ4v) is 6.59. The number of rotatable bonds is 11. The summed E-state index contributed by atoms with van der Waals surface area (Å²) in [7, 11) is 0. The van der Waals surface area contributed by atoms with Crippen LogP contribution in [0, 0.1) is 5.92 Å². The molecule has 0 saturated heterocycles. The summed E-state index contributed by atoms with van der Waals surface area (Å²) in [6.45, 7) is 2.52. The van der Waals surface area contributed by atoms with E-state index >= 15 is 0 Å². The van der Waals surface area contributed by atoms with Crippen LogP contribution in [0.3, 0.4) is 0 Å². The average molecular weight is 653 g/mol. The molecule has 3 atom stereocenters. The highest BCUT2D eigenvalue weighted by atomic mass is 16.3. The summed E-state index contributed by atoms with van der Waals surface area (Å²) in [5, 5.41) is 36.3. The molecule has 6 aromatic rings. The molecule has 0 saturated carbocycles. The molecule has 2 N–H and O–H groups in total. The van der Waals surface area contributed by atoms with Crippen LogP contribution in [0.25, 0.3) is 16.5 Å². The first-order valence-corrected chi connectivity index (χ1v) is 16.3. The second kappa shape index (κ2) is 13.4. The summed E-state index contributed by atoms with van der Waals surface area (Å²) in [4.78, 5) is 28.9. The number of aliphatic hydroxyl groups excluding tert-OH is 1. The zero-order valence-electron chi connectivity index (χ0n) is 27.0. The van der Waals surface area contributed by atoms with Crippen LogP contribution < -0.4 is 10.5 Å². The molecule has 1 amide bonds. The molecule has 7 rings (SSSR count). The normalized spacial score (nSPS) is 17.1. The van der Waals surface area contributed by atoms with Crippen LogP contribution in [0.4, 0.5) is 5.69 Å².